The molecule has 170 valence electrons. The van der Waals surface area contributed by atoms with Crippen LogP contribution in [0.3, 0.4) is 0 Å². The number of benzene rings is 2. The fourth-order valence-electron chi connectivity index (χ4n) is 4.15. The Bertz CT molecular complexity index is 1190. The summed E-state index contributed by atoms with van der Waals surface area (Å²) in [6, 6.07) is 16.4. The minimum Gasteiger partial charge on any atom is -0.370 e. The van der Waals surface area contributed by atoms with Gasteiger partial charge in [-0.3, -0.25) is 9.59 Å². The molecule has 5 heteroatoms. The van der Waals surface area contributed by atoms with Crippen molar-refractivity contribution in [1.82, 2.24) is 9.47 Å². The van der Waals surface area contributed by atoms with Gasteiger partial charge in [0.15, 0.2) is 11.6 Å². The summed E-state index contributed by atoms with van der Waals surface area (Å²) in [4.78, 5) is 29.2. The van der Waals surface area contributed by atoms with Crippen LogP contribution < -0.4 is 4.90 Å². The minimum absolute atomic E-state index is 0.126. The lowest BCUT2D eigenvalue weighted by Gasteiger charge is -2.22. The van der Waals surface area contributed by atoms with Gasteiger partial charge in [-0.05, 0) is 72.9 Å². The van der Waals surface area contributed by atoms with Gasteiger partial charge in [0.25, 0.3) is 0 Å². The summed E-state index contributed by atoms with van der Waals surface area (Å²) in [5, 5.41) is 1.16. The molecule has 3 aromatic rings. The SMILES string of the molecule is CN1CCCN(c2ccc(C=CC(=O)CC(=O)C=Cc3ccc4ccn(C)c4c3)cc2)CC1. The van der Waals surface area contributed by atoms with Gasteiger partial charge in [-0.2, -0.15) is 0 Å². The summed E-state index contributed by atoms with van der Waals surface area (Å²) in [6.45, 7) is 4.29. The van der Waals surface area contributed by atoms with Crippen molar-refractivity contribution in [1.29, 1.82) is 0 Å². The number of ketones is 2. The van der Waals surface area contributed by atoms with E-state index in [1.165, 1.54) is 17.8 Å². The lowest BCUT2D eigenvalue weighted by Crippen LogP contribution is -2.28. The van der Waals surface area contributed by atoms with Crippen LogP contribution in [0.25, 0.3) is 23.1 Å². The molecule has 0 atom stereocenters. The van der Waals surface area contributed by atoms with Gasteiger partial charge >= 0.3 is 0 Å². The highest BCUT2D eigenvalue weighted by molar-refractivity contribution is 6.11. The molecular weight excluding hydrogens is 410 g/mol. The first kappa shape index (κ1) is 22.7. The molecule has 1 aliphatic rings. The van der Waals surface area contributed by atoms with Gasteiger partial charge in [0.05, 0.1) is 6.42 Å². The third-order valence-electron chi connectivity index (χ3n) is 6.16. The van der Waals surface area contributed by atoms with Gasteiger partial charge in [0.2, 0.25) is 0 Å². The molecule has 1 saturated heterocycles. The van der Waals surface area contributed by atoms with Gasteiger partial charge in [0, 0.05) is 44.1 Å². The average Bonchev–Trinajstić information content (AvgIpc) is 3.04. The molecule has 0 unspecified atom stereocenters. The molecule has 2 heterocycles. The molecule has 1 aliphatic heterocycles. The number of aryl methyl sites for hydroxylation is 1. The van der Waals surface area contributed by atoms with Crippen LogP contribution in [0.4, 0.5) is 5.69 Å². The molecule has 0 bridgehead atoms. The van der Waals surface area contributed by atoms with Crippen molar-refractivity contribution in [3.63, 3.8) is 0 Å². The number of fused-ring (bicyclic) bond motifs is 1. The fraction of sp³-hybridized carbons (Fsp3) is 0.286. The number of rotatable bonds is 7. The van der Waals surface area contributed by atoms with Crippen molar-refractivity contribution in [2.45, 2.75) is 12.8 Å². The highest BCUT2D eigenvalue weighted by Crippen LogP contribution is 2.19. The monoisotopic (exact) mass is 441 g/mol. The van der Waals surface area contributed by atoms with Gasteiger partial charge < -0.3 is 14.4 Å². The predicted molar refractivity (Wildman–Crippen MR) is 136 cm³/mol. The maximum atomic E-state index is 12.2. The Balaban J connectivity index is 1.30. The first-order chi connectivity index (χ1) is 16.0. The molecule has 1 aromatic heterocycles. The number of hydrogen-bond donors (Lipinski definition) is 0. The van der Waals surface area contributed by atoms with Crippen LogP contribution in [0, 0.1) is 0 Å². The van der Waals surface area contributed by atoms with Crippen molar-refractivity contribution >= 4 is 40.3 Å². The normalized spacial score (nSPS) is 15.5. The standard InChI is InChI=1S/C28H31N3O2/c1-29-15-3-16-31(19-18-29)25-10-5-22(6-11-25)7-12-26(32)21-27(33)13-8-23-4-9-24-14-17-30(2)28(24)20-23/h4-14,17,20H,3,15-16,18-19,21H2,1-2H3. The zero-order chi connectivity index (χ0) is 23.2. The Morgan fingerprint density at radius 3 is 2.27 bits per heavy atom. The first-order valence-electron chi connectivity index (χ1n) is 11.5. The molecule has 1 fully saturated rings. The first-order valence-corrected chi connectivity index (χ1v) is 11.5. The predicted octanol–water partition coefficient (Wildman–Crippen LogP) is 4.58. The van der Waals surface area contributed by atoms with E-state index in [1.807, 2.05) is 48.1 Å². The smallest absolute Gasteiger partial charge is 0.163 e. The third-order valence-corrected chi connectivity index (χ3v) is 6.16. The van der Waals surface area contributed by atoms with E-state index in [4.69, 9.17) is 0 Å². The van der Waals surface area contributed by atoms with Crippen molar-refractivity contribution in [2.24, 2.45) is 7.05 Å². The van der Waals surface area contributed by atoms with Crippen molar-refractivity contribution in [3.8, 4) is 0 Å². The van der Waals surface area contributed by atoms with Crippen molar-refractivity contribution < 1.29 is 9.59 Å². The van der Waals surface area contributed by atoms with E-state index < -0.39 is 0 Å². The molecule has 0 spiro atoms. The zero-order valence-electron chi connectivity index (χ0n) is 19.4. The second kappa shape index (κ2) is 10.5. The molecule has 0 radical (unpaired) electrons. The lowest BCUT2D eigenvalue weighted by molar-refractivity contribution is -0.121. The van der Waals surface area contributed by atoms with Crippen LogP contribution >= 0.6 is 0 Å². The van der Waals surface area contributed by atoms with Crippen LogP contribution in [0.15, 0.2) is 66.9 Å². The number of anilines is 1. The van der Waals surface area contributed by atoms with Crippen LogP contribution in [0.1, 0.15) is 24.0 Å². The fourth-order valence-corrected chi connectivity index (χ4v) is 4.15. The number of carbonyl (C=O) groups excluding carboxylic acids is 2. The van der Waals surface area contributed by atoms with Crippen LogP contribution in [-0.4, -0.2) is 54.3 Å². The number of likely N-dealkylation sites (N-methyl/N-ethyl adjacent to an activating group) is 1. The number of hydrogen-bond acceptors (Lipinski definition) is 4. The number of aromatic nitrogens is 1. The molecule has 33 heavy (non-hydrogen) atoms. The second-order valence-electron chi connectivity index (χ2n) is 8.76. The molecule has 0 N–H and O–H groups in total. The van der Waals surface area contributed by atoms with Crippen LogP contribution in [0.2, 0.25) is 0 Å². The van der Waals surface area contributed by atoms with Gasteiger partial charge in [-0.1, -0.05) is 36.4 Å². The Labute approximate surface area is 195 Å². The highest BCUT2D eigenvalue weighted by atomic mass is 16.1. The van der Waals surface area contributed by atoms with Crippen LogP contribution in [0.5, 0.6) is 0 Å². The van der Waals surface area contributed by atoms with E-state index in [-0.39, 0.29) is 18.0 Å². The van der Waals surface area contributed by atoms with E-state index in [1.54, 1.807) is 12.2 Å². The molecule has 0 aliphatic carbocycles. The Hall–Kier alpha value is -3.44. The Kier molecular flexibility index (Phi) is 7.20. The van der Waals surface area contributed by atoms with E-state index in [0.717, 1.165) is 54.6 Å². The summed E-state index contributed by atoms with van der Waals surface area (Å²) >= 11 is 0. The minimum atomic E-state index is -0.196. The lowest BCUT2D eigenvalue weighted by atomic mass is 10.1. The Morgan fingerprint density at radius 2 is 1.52 bits per heavy atom. The summed E-state index contributed by atoms with van der Waals surface area (Å²) in [5.74, 6) is -0.389. The van der Waals surface area contributed by atoms with Gasteiger partial charge in [-0.25, -0.2) is 0 Å². The molecule has 0 amide bonds. The van der Waals surface area contributed by atoms with Gasteiger partial charge in [0.1, 0.15) is 0 Å². The van der Waals surface area contributed by atoms with Crippen LogP contribution in [-0.2, 0) is 16.6 Å². The number of allylic oxidation sites excluding steroid dienone is 2. The van der Waals surface area contributed by atoms with E-state index in [2.05, 4.69) is 35.0 Å². The Morgan fingerprint density at radius 1 is 0.818 bits per heavy atom. The summed E-state index contributed by atoms with van der Waals surface area (Å²) < 4.78 is 2.04. The quantitative estimate of drug-likeness (QED) is 0.398. The van der Waals surface area contributed by atoms with Crippen molar-refractivity contribution in [2.75, 3.05) is 38.1 Å². The summed E-state index contributed by atoms with van der Waals surface area (Å²) in [5.41, 5.74) is 4.22. The number of carbonyl (C=O) groups is 2. The molecule has 5 nitrogen and oxygen atoms in total. The zero-order valence-corrected chi connectivity index (χ0v) is 19.4. The average molecular weight is 442 g/mol. The maximum absolute atomic E-state index is 12.2. The largest absolute Gasteiger partial charge is 0.370 e. The van der Waals surface area contributed by atoms with Gasteiger partial charge in [-0.15, -0.1) is 0 Å². The topological polar surface area (TPSA) is 45.6 Å². The van der Waals surface area contributed by atoms with Crippen molar-refractivity contribution in [3.05, 3.63) is 78.0 Å². The number of nitrogens with zero attached hydrogens (tertiary/aromatic N) is 3. The van der Waals surface area contributed by atoms with E-state index >= 15 is 0 Å². The third kappa shape index (κ3) is 6.08. The molecule has 4 rings (SSSR count). The molecular formula is C28H31N3O2. The van der Waals surface area contributed by atoms with E-state index in [9.17, 15) is 9.59 Å². The summed E-state index contributed by atoms with van der Waals surface area (Å²) in [7, 11) is 4.16. The highest BCUT2D eigenvalue weighted by Gasteiger charge is 2.12. The summed E-state index contributed by atoms with van der Waals surface area (Å²) in [6.07, 6.45) is 9.58. The molecule has 2 aromatic carbocycles. The maximum Gasteiger partial charge on any atom is 0.163 e. The van der Waals surface area contributed by atoms with E-state index in [0.29, 0.717) is 0 Å². The molecule has 0 saturated carbocycles. The second-order valence-corrected chi connectivity index (χ2v) is 8.76.